The summed E-state index contributed by atoms with van der Waals surface area (Å²) >= 11 is 11.9. The highest BCUT2D eigenvalue weighted by Crippen LogP contribution is 2.26. The molecule has 0 fully saturated rings. The number of hydrogen-bond acceptors (Lipinski definition) is 4. The lowest BCUT2D eigenvalue weighted by Crippen LogP contribution is -2.29. The summed E-state index contributed by atoms with van der Waals surface area (Å²) in [6, 6.07) is 5.06. The summed E-state index contributed by atoms with van der Waals surface area (Å²) in [6.07, 6.45) is 0.282. The van der Waals surface area contributed by atoms with Gasteiger partial charge in [-0.3, -0.25) is 4.79 Å². The lowest BCUT2D eigenvalue weighted by Gasteiger charge is -2.18. The zero-order valence-corrected chi connectivity index (χ0v) is 14.1. The second kappa shape index (κ2) is 7.98. The van der Waals surface area contributed by atoms with Crippen molar-refractivity contribution in [1.82, 2.24) is 4.31 Å². The highest BCUT2D eigenvalue weighted by atomic mass is 35.5. The summed E-state index contributed by atoms with van der Waals surface area (Å²) in [5, 5.41) is 0.724. The van der Waals surface area contributed by atoms with Crippen LogP contribution in [0.15, 0.2) is 18.2 Å². The molecule has 0 saturated heterocycles. The summed E-state index contributed by atoms with van der Waals surface area (Å²) < 4.78 is 29.9. The van der Waals surface area contributed by atoms with Crippen LogP contribution in [0.3, 0.4) is 0 Å². The first-order chi connectivity index (χ1) is 9.77. The number of carbonyl (C=O) groups is 1. The molecule has 0 atom stereocenters. The first-order valence-corrected chi connectivity index (χ1v) is 8.58. The van der Waals surface area contributed by atoms with E-state index in [1.807, 2.05) is 0 Å². The molecule has 0 amide bonds. The van der Waals surface area contributed by atoms with Crippen LogP contribution in [0.4, 0.5) is 0 Å². The maximum Gasteiger partial charge on any atom is 0.305 e. The van der Waals surface area contributed by atoms with Crippen LogP contribution in [0.25, 0.3) is 0 Å². The van der Waals surface area contributed by atoms with Crippen molar-refractivity contribution in [2.45, 2.75) is 19.4 Å². The smallest absolute Gasteiger partial charge is 0.305 e. The predicted octanol–water partition coefficient (Wildman–Crippen LogP) is 2.71. The van der Waals surface area contributed by atoms with Gasteiger partial charge >= 0.3 is 5.97 Å². The van der Waals surface area contributed by atoms with Gasteiger partial charge in [-0.05, 0) is 18.1 Å². The third-order valence-electron chi connectivity index (χ3n) is 2.91. The Balaban J connectivity index is 2.67. The molecule has 0 aliphatic heterocycles. The number of hydrogen-bond donors (Lipinski definition) is 0. The van der Waals surface area contributed by atoms with E-state index in [2.05, 4.69) is 4.74 Å². The maximum atomic E-state index is 12.1. The van der Waals surface area contributed by atoms with Crippen molar-refractivity contribution >= 4 is 39.2 Å². The number of methoxy groups -OCH3 is 1. The van der Waals surface area contributed by atoms with Gasteiger partial charge in [0.25, 0.3) is 0 Å². The quantitative estimate of drug-likeness (QED) is 0.707. The van der Waals surface area contributed by atoms with Crippen molar-refractivity contribution in [2.24, 2.45) is 0 Å². The van der Waals surface area contributed by atoms with Crippen molar-refractivity contribution < 1.29 is 17.9 Å². The van der Waals surface area contributed by atoms with Gasteiger partial charge in [-0.15, -0.1) is 0 Å². The lowest BCUT2D eigenvalue weighted by molar-refractivity contribution is -0.140. The average molecular weight is 354 g/mol. The van der Waals surface area contributed by atoms with Crippen molar-refractivity contribution in [1.29, 1.82) is 0 Å². The zero-order valence-electron chi connectivity index (χ0n) is 11.8. The highest BCUT2D eigenvalue weighted by molar-refractivity contribution is 7.89. The molecule has 0 aliphatic carbocycles. The van der Waals surface area contributed by atoms with Gasteiger partial charge < -0.3 is 4.74 Å². The molecule has 8 heteroatoms. The van der Waals surface area contributed by atoms with Gasteiger partial charge in [0.2, 0.25) is 10.0 Å². The SMILES string of the molecule is COC(=O)CCCS(=O)(=O)N(C)Cc1cccc(Cl)c1Cl. The number of nitrogens with zero attached hydrogens (tertiary/aromatic N) is 1. The van der Waals surface area contributed by atoms with Crippen molar-refractivity contribution in [3.05, 3.63) is 33.8 Å². The minimum Gasteiger partial charge on any atom is -0.469 e. The Labute approximate surface area is 134 Å². The fourth-order valence-electron chi connectivity index (χ4n) is 1.67. The number of ether oxygens (including phenoxy) is 1. The maximum absolute atomic E-state index is 12.1. The normalized spacial score (nSPS) is 11.7. The number of rotatable bonds is 7. The predicted molar refractivity (Wildman–Crippen MR) is 83.0 cm³/mol. The van der Waals surface area contributed by atoms with E-state index < -0.39 is 16.0 Å². The van der Waals surface area contributed by atoms with Crippen LogP contribution < -0.4 is 0 Å². The van der Waals surface area contributed by atoms with Crippen molar-refractivity contribution in [3.63, 3.8) is 0 Å². The number of esters is 1. The van der Waals surface area contributed by atoms with E-state index in [-0.39, 0.29) is 25.1 Å². The molecule has 0 heterocycles. The minimum atomic E-state index is -3.47. The van der Waals surface area contributed by atoms with Gasteiger partial charge in [-0.2, -0.15) is 0 Å². The molecule has 21 heavy (non-hydrogen) atoms. The summed E-state index contributed by atoms with van der Waals surface area (Å²) in [6.45, 7) is 0.125. The fraction of sp³-hybridized carbons (Fsp3) is 0.462. The molecule has 1 aromatic carbocycles. The summed E-state index contributed by atoms with van der Waals surface area (Å²) in [5.41, 5.74) is 0.628. The molecule has 0 spiro atoms. The second-order valence-electron chi connectivity index (χ2n) is 4.46. The van der Waals surface area contributed by atoms with Crippen LogP contribution in [0.5, 0.6) is 0 Å². The molecular formula is C13H17Cl2NO4S. The number of halogens is 2. The summed E-state index contributed by atoms with van der Waals surface area (Å²) in [7, 11) is -0.737. The lowest BCUT2D eigenvalue weighted by atomic mass is 10.2. The van der Waals surface area contributed by atoms with E-state index >= 15 is 0 Å². The molecule has 0 bridgehead atoms. The molecule has 1 aromatic rings. The van der Waals surface area contributed by atoms with E-state index in [1.165, 1.54) is 18.5 Å². The van der Waals surface area contributed by atoms with E-state index in [4.69, 9.17) is 23.2 Å². The second-order valence-corrected chi connectivity index (χ2v) is 7.45. The van der Waals surface area contributed by atoms with Gasteiger partial charge in [-0.1, -0.05) is 35.3 Å². The van der Waals surface area contributed by atoms with Crippen molar-refractivity contribution in [2.75, 3.05) is 19.9 Å². The molecule has 1 rings (SSSR count). The molecule has 118 valence electrons. The van der Waals surface area contributed by atoms with Gasteiger partial charge in [0.1, 0.15) is 0 Å². The average Bonchev–Trinajstić information content (AvgIpc) is 2.43. The van der Waals surface area contributed by atoms with Gasteiger partial charge in [0.05, 0.1) is 22.9 Å². The van der Waals surface area contributed by atoms with E-state index in [1.54, 1.807) is 18.2 Å². The van der Waals surface area contributed by atoms with Crippen LogP contribution in [-0.4, -0.2) is 38.6 Å². The third kappa shape index (κ3) is 5.47. The Bertz CT molecular complexity index is 604. The monoisotopic (exact) mass is 353 g/mol. The number of benzene rings is 1. The molecule has 0 unspecified atom stereocenters. The number of carbonyl (C=O) groups excluding carboxylic acids is 1. The van der Waals surface area contributed by atoms with Crippen LogP contribution in [-0.2, 0) is 26.1 Å². The van der Waals surface area contributed by atoms with Gasteiger partial charge in [0.15, 0.2) is 0 Å². The molecule has 0 saturated carbocycles. The van der Waals surface area contributed by atoms with Crippen LogP contribution in [0.2, 0.25) is 10.0 Å². The van der Waals surface area contributed by atoms with Crippen LogP contribution in [0, 0.1) is 0 Å². The summed E-state index contributed by atoms with van der Waals surface area (Å²) in [5.74, 6) is -0.553. The standard InChI is InChI=1S/C13H17Cl2NO4S/c1-16(9-10-5-3-6-11(14)13(10)15)21(18,19)8-4-7-12(17)20-2/h3,5-6H,4,7-9H2,1-2H3. The van der Waals surface area contributed by atoms with E-state index in [9.17, 15) is 13.2 Å². The van der Waals surface area contributed by atoms with Crippen LogP contribution in [0.1, 0.15) is 18.4 Å². The van der Waals surface area contributed by atoms with Crippen molar-refractivity contribution in [3.8, 4) is 0 Å². The number of sulfonamides is 1. The Morgan fingerprint density at radius 3 is 2.62 bits per heavy atom. The Hall–Kier alpha value is -0.820. The van der Waals surface area contributed by atoms with Gasteiger partial charge in [-0.25, -0.2) is 12.7 Å². The molecule has 0 radical (unpaired) electrons. The largest absolute Gasteiger partial charge is 0.469 e. The molecule has 0 N–H and O–H groups in total. The first kappa shape index (κ1) is 18.2. The molecule has 0 aromatic heterocycles. The van der Waals surface area contributed by atoms with Crippen LogP contribution >= 0.6 is 23.2 Å². The highest BCUT2D eigenvalue weighted by Gasteiger charge is 2.19. The minimum absolute atomic E-state index is 0.0709. The van der Waals surface area contributed by atoms with E-state index in [0.717, 1.165) is 0 Å². The topological polar surface area (TPSA) is 63.7 Å². The fourth-order valence-corrected chi connectivity index (χ4v) is 3.20. The first-order valence-electron chi connectivity index (χ1n) is 6.21. The third-order valence-corrected chi connectivity index (χ3v) is 5.65. The van der Waals surface area contributed by atoms with Gasteiger partial charge in [0, 0.05) is 20.0 Å². The van der Waals surface area contributed by atoms with E-state index in [0.29, 0.717) is 15.6 Å². The molecular weight excluding hydrogens is 337 g/mol. The Kier molecular flexibility index (Phi) is 6.93. The zero-order chi connectivity index (χ0) is 16.0. The summed E-state index contributed by atoms with van der Waals surface area (Å²) in [4.78, 5) is 11.0. The Morgan fingerprint density at radius 2 is 2.00 bits per heavy atom. The Morgan fingerprint density at radius 1 is 1.33 bits per heavy atom. The molecule has 0 aliphatic rings. The molecule has 5 nitrogen and oxygen atoms in total.